The minimum Gasteiger partial charge on any atom is -0.432 e. The first-order valence-electron chi connectivity index (χ1n) is 6.42. The van der Waals surface area contributed by atoms with Gasteiger partial charge in [0, 0.05) is 5.41 Å². The van der Waals surface area contributed by atoms with Crippen LogP contribution in [0.1, 0.15) is 53.9 Å². The van der Waals surface area contributed by atoms with E-state index in [9.17, 15) is 4.79 Å². The number of ether oxygens (including phenoxy) is 2. The molecule has 3 nitrogen and oxygen atoms in total. The van der Waals surface area contributed by atoms with Crippen molar-refractivity contribution in [3.05, 3.63) is 11.6 Å². The monoisotopic (exact) mass is 240 g/mol. The molecule has 0 amide bonds. The number of allylic oxidation sites excluding steroid dienone is 1. The minimum atomic E-state index is -0.451. The van der Waals surface area contributed by atoms with Gasteiger partial charge in [0.1, 0.15) is 0 Å². The van der Waals surface area contributed by atoms with Crippen LogP contribution in [-0.4, -0.2) is 18.4 Å². The molecule has 1 aliphatic rings. The fourth-order valence-electron chi connectivity index (χ4n) is 1.71. The number of carbonyl (C=O) groups excluding carboxylic acids is 1. The lowest BCUT2D eigenvalue weighted by Crippen LogP contribution is -2.43. The molecule has 1 heterocycles. The molecule has 1 aliphatic heterocycles. The third-order valence-corrected chi connectivity index (χ3v) is 2.84. The Balaban J connectivity index is 2.69. The van der Waals surface area contributed by atoms with Crippen molar-refractivity contribution in [2.45, 2.75) is 66.3 Å². The third-order valence-electron chi connectivity index (χ3n) is 2.84. The number of rotatable bonds is 3. The van der Waals surface area contributed by atoms with Crippen molar-refractivity contribution in [2.24, 2.45) is 5.41 Å². The van der Waals surface area contributed by atoms with Crippen molar-refractivity contribution in [3.8, 4) is 0 Å². The molecule has 1 rings (SSSR count). The van der Waals surface area contributed by atoms with Crippen LogP contribution in [0, 0.1) is 5.41 Å². The molecule has 0 saturated carbocycles. The number of carbonyl (C=O) groups is 1. The van der Waals surface area contributed by atoms with Crippen LogP contribution in [0.15, 0.2) is 11.6 Å². The number of cyclic esters (lactones) is 1. The highest BCUT2D eigenvalue weighted by Gasteiger charge is 2.37. The molecule has 1 fully saturated rings. The zero-order valence-corrected chi connectivity index (χ0v) is 11.6. The molecular weight excluding hydrogens is 216 g/mol. The summed E-state index contributed by atoms with van der Waals surface area (Å²) in [5.74, 6) is -0.222. The van der Waals surface area contributed by atoms with Gasteiger partial charge in [-0.2, -0.15) is 0 Å². The Bertz CT molecular complexity index is 299. The van der Waals surface area contributed by atoms with Crippen LogP contribution in [-0.2, 0) is 14.3 Å². The summed E-state index contributed by atoms with van der Waals surface area (Å²) < 4.78 is 11.1. The molecule has 3 heteroatoms. The first-order valence-corrected chi connectivity index (χ1v) is 6.42. The Hall–Kier alpha value is -0.830. The van der Waals surface area contributed by atoms with E-state index in [0.29, 0.717) is 5.57 Å². The van der Waals surface area contributed by atoms with Crippen molar-refractivity contribution in [1.29, 1.82) is 0 Å². The molecule has 0 aromatic carbocycles. The van der Waals surface area contributed by atoms with E-state index in [1.165, 1.54) is 0 Å². The van der Waals surface area contributed by atoms with Gasteiger partial charge in [-0.1, -0.05) is 46.6 Å². The molecule has 0 N–H and O–H groups in total. The summed E-state index contributed by atoms with van der Waals surface area (Å²) >= 11 is 0. The molecule has 0 aromatic heterocycles. The SMILES string of the molecule is CCCC/C=C1\C(=O)O[C@H](C(C)(C)C)O[C@@H]1C. The highest BCUT2D eigenvalue weighted by molar-refractivity contribution is 5.90. The molecule has 0 aromatic rings. The molecule has 0 radical (unpaired) electrons. The van der Waals surface area contributed by atoms with Crippen LogP contribution in [0.25, 0.3) is 0 Å². The second kappa shape index (κ2) is 5.67. The Morgan fingerprint density at radius 1 is 1.35 bits per heavy atom. The van der Waals surface area contributed by atoms with Gasteiger partial charge in [0.25, 0.3) is 0 Å². The van der Waals surface area contributed by atoms with Crippen LogP contribution < -0.4 is 0 Å². The van der Waals surface area contributed by atoms with E-state index in [1.54, 1.807) is 0 Å². The maximum Gasteiger partial charge on any atom is 0.338 e. The lowest BCUT2D eigenvalue weighted by atomic mass is 9.94. The Kier molecular flexibility index (Phi) is 4.75. The maximum absolute atomic E-state index is 11.9. The van der Waals surface area contributed by atoms with Gasteiger partial charge in [-0.05, 0) is 13.3 Å². The molecule has 17 heavy (non-hydrogen) atoms. The smallest absolute Gasteiger partial charge is 0.338 e. The largest absolute Gasteiger partial charge is 0.432 e. The molecule has 0 unspecified atom stereocenters. The highest BCUT2D eigenvalue weighted by atomic mass is 16.7. The lowest BCUT2D eigenvalue weighted by Gasteiger charge is -2.36. The molecule has 1 saturated heterocycles. The molecule has 98 valence electrons. The van der Waals surface area contributed by atoms with Gasteiger partial charge in [-0.3, -0.25) is 0 Å². The number of esters is 1. The van der Waals surface area contributed by atoms with Gasteiger partial charge < -0.3 is 9.47 Å². The van der Waals surface area contributed by atoms with Crippen LogP contribution in [0.4, 0.5) is 0 Å². The van der Waals surface area contributed by atoms with Crippen molar-refractivity contribution in [2.75, 3.05) is 0 Å². The normalized spacial score (nSPS) is 28.3. The second-order valence-electron chi connectivity index (χ2n) is 5.68. The molecule has 2 atom stereocenters. The maximum atomic E-state index is 11.9. The van der Waals surface area contributed by atoms with Gasteiger partial charge >= 0.3 is 5.97 Å². The summed E-state index contributed by atoms with van der Waals surface area (Å²) in [6.45, 7) is 10.1. The van der Waals surface area contributed by atoms with Crippen molar-refractivity contribution >= 4 is 5.97 Å². The summed E-state index contributed by atoms with van der Waals surface area (Å²) in [5.41, 5.74) is 0.484. The molecule has 0 spiro atoms. The van der Waals surface area contributed by atoms with Crippen LogP contribution in [0.5, 0.6) is 0 Å². The van der Waals surface area contributed by atoms with Gasteiger partial charge in [0.15, 0.2) is 0 Å². The van der Waals surface area contributed by atoms with Crippen molar-refractivity contribution < 1.29 is 14.3 Å². The van der Waals surface area contributed by atoms with Crippen LogP contribution >= 0.6 is 0 Å². The van der Waals surface area contributed by atoms with E-state index in [0.717, 1.165) is 19.3 Å². The Labute approximate surface area is 104 Å². The number of unbranched alkanes of at least 4 members (excludes halogenated alkanes) is 2. The predicted molar refractivity (Wildman–Crippen MR) is 67.5 cm³/mol. The number of hydrogen-bond donors (Lipinski definition) is 0. The molecule has 0 bridgehead atoms. The van der Waals surface area contributed by atoms with Crippen molar-refractivity contribution in [1.82, 2.24) is 0 Å². The summed E-state index contributed by atoms with van der Waals surface area (Å²) in [5, 5.41) is 0. The zero-order valence-electron chi connectivity index (χ0n) is 11.6. The highest BCUT2D eigenvalue weighted by Crippen LogP contribution is 2.31. The topological polar surface area (TPSA) is 35.5 Å². The van der Waals surface area contributed by atoms with E-state index in [-0.39, 0.29) is 17.5 Å². The van der Waals surface area contributed by atoms with Crippen molar-refractivity contribution in [3.63, 3.8) is 0 Å². The fourth-order valence-corrected chi connectivity index (χ4v) is 1.71. The Morgan fingerprint density at radius 2 is 2.00 bits per heavy atom. The Morgan fingerprint density at radius 3 is 2.47 bits per heavy atom. The van der Waals surface area contributed by atoms with Crippen LogP contribution in [0.3, 0.4) is 0 Å². The summed E-state index contributed by atoms with van der Waals surface area (Å²) in [4.78, 5) is 11.9. The van der Waals surface area contributed by atoms with Crippen LogP contribution in [0.2, 0.25) is 0 Å². The summed E-state index contributed by atoms with van der Waals surface area (Å²) in [6, 6.07) is 0. The summed E-state index contributed by atoms with van der Waals surface area (Å²) in [7, 11) is 0. The fraction of sp³-hybridized carbons (Fsp3) is 0.786. The standard InChI is InChI=1S/C14H24O3/c1-6-7-8-9-11-10(2)16-13(14(3,4)5)17-12(11)15/h9-10,13H,6-8H2,1-5H3/b11-9-/t10-,13-/m1/s1. The predicted octanol–water partition coefficient (Wildman–Crippen LogP) is 3.44. The van der Waals surface area contributed by atoms with Gasteiger partial charge in [-0.25, -0.2) is 4.79 Å². The average Bonchev–Trinajstić information content (AvgIpc) is 2.20. The van der Waals surface area contributed by atoms with E-state index >= 15 is 0 Å². The second-order valence-corrected chi connectivity index (χ2v) is 5.68. The van der Waals surface area contributed by atoms with E-state index < -0.39 is 6.29 Å². The minimum absolute atomic E-state index is 0.169. The number of hydrogen-bond acceptors (Lipinski definition) is 3. The van der Waals surface area contributed by atoms with Gasteiger partial charge in [0.2, 0.25) is 6.29 Å². The van der Waals surface area contributed by atoms with E-state index in [4.69, 9.17) is 9.47 Å². The zero-order chi connectivity index (χ0) is 13.1. The average molecular weight is 240 g/mol. The van der Waals surface area contributed by atoms with E-state index in [1.807, 2.05) is 33.8 Å². The third kappa shape index (κ3) is 3.84. The molecular formula is C14H24O3. The van der Waals surface area contributed by atoms with E-state index in [2.05, 4.69) is 6.92 Å². The lowest BCUT2D eigenvalue weighted by molar-refractivity contribution is -0.225. The first-order chi connectivity index (χ1) is 7.86. The summed E-state index contributed by atoms with van der Waals surface area (Å²) in [6.07, 6.45) is 4.46. The van der Waals surface area contributed by atoms with Gasteiger partial charge in [-0.15, -0.1) is 0 Å². The van der Waals surface area contributed by atoms with Gasteiger partial charge in [0.05, 0.1) is 11.7 Å². The molecule has 0 aliphatic carbocycles. The quantitative estimate of drug-likeness (QED) is 0.430. The first kappa shape index (κ1) is 14.2.